The van der Waals surface area contributed by atoms with E-state index in [4.69, 9.17) is 0 Å². The van der Waals surface area contributed by atoms with Crippen LogP contribution >= 0.6 is 11.3 Å². The van der Waals surface area contributed by atoms with E-state index in [1.165, 1.54) is 23.5 Å². The number of rotatable bonds is 2. The molecule has 2 rings (SSSR count). The summed E-state index contributed by atoms with van der Waals surface area (Å²) in [5.74, 6) is 0. The van der Waals surface area contributed by atoms with Crippen molar-refractivity contribution in [2.75, 3.05) is 0 Å². The maximum atomic E-state index is 10.4. The van der Waals surface area contributed by atoms with Crippen LogP contribution in [0.5, 0.6) is 0 Å². The van der Waals surface area contributed by atoms with Gasteiger partial charge in [0.25, 0.3) is 5.69 Å². The van der Waals surface area contributed by atoms with E-state index in [0.29, 0.717) is 0 Å². The molecule has 0 fully saturated rings. The average Bonchev–Trinajstić information content (AvgIpc) is 2.71. The van der Waals surface area contributed by atoms with Crippen molar-refractivity contribution < 1.29 is 4.92 Å². The van der Waals surface area contributed by atoms with Crippen molar-refractivity contribution in [2.45, 2.75) is 0 Å². The van der Waals surface area contributed by atoms with Crippen molar-refractivity contribution in [2.24, 2.45) is 0 Å². The fourth-order valence-corrected chi connectivity index (χ4v) is 1.73. The summed E-state index contributed by atoms with van der Waals surface area (Å²) in [7, 11) is 0. The van der Waals surface area contributed by atoms with Crippen LogP contribution in [0.2, 0.25) is 0 Å². The molecule has 2 aromatic rings. The fourth-order valence-electron chi connectivity index (χ4n) is 1.11. The SMILES string of the molecule is O=[N+]([O-])c1ccc(-c2cncs2)cc1. The maximum Gasteiger partial charge on any atom is 0.269 e. The Morgan fingerprint density at radius 3 is 2.50 bits per heavy atom. The van der Waals surface area contributed by atoms with Crippen LogP contribution in [0.15, 0.2) is 36.0 Å². The molecule has 0 aliphatic rings. The number of aromatic nitrogens is 1. The molecule has 0 saturated carbocycles. The third kappa shape index (κ3) is 1.62. The quantitative estimate of drug-likeness (QED) is 0.560. The topological polar surface area (TPSA) is 56.0 Å². The highest BCUT2D eigenvalue weighted by Gasteiger charge is 2.05. The number of benzene rings is 1. The van der Waals surface area contributed by atoms with Gasteiger partial charge in [0.05, 0.1) is 15.3 Å². The van der Waals surface area contributed by atoms with Gasteiger partial charge in [-0.25, -0.2) is 0 Å². The summed E-state index contributed by atoms with van der Waals surface area (Å²) in [5.41, 5.74) is 2.80. The minimum Gasteiger partial charge on any atom is -0.258 e. The van der Waals surface area contributed by atoms with Gasteiger partial charge < -0.3 is 0 Å². The van der Waals surface area contributed by atoms with Gasteiger partial charge in [0.2, 0.25) is 0 Å². The molecule has 0 unspecified atom stereocenters. The van der Waals surface area contributed by atoms with Crippen LogP contribution in [0.4, 0.5) is 5.69 Å². The molecule has 0 bridgehead atoms. The highest BCUT2D eigenvalue weighted by atomic mass is 32.1. The molecule has 0 amide bonds. The molecular formula is C9H6N2O2S. The summed E-state index contributed by atoms with van der Waals surface area (Å²) in [6.07, 6.45) is 1.74. The Morgan fingerprint density at radius 2 is 2.00 bits per heavy atom. The number of nitro groups is 1. The molecule has 0 radical (unpaired) electrons. The van der Waals surface area contributed by atoms with E-state index in [0.717, 1.165) is 10.4 Å². The Morgan fingerprint density at radius 1 is 1.29 bits per heavy atom. The van der Waals surface area contributed by atoms with Gasteiger partial charge in [-0.15, -0.1) is 11.3 Å². The first-order valence-electron chi connectivity index (χ1n) is 3.91. The van der Waals surface area contributed by atoms with Gasteiger partial charge >= 0.3 is 0 Å². The van der Waals surface area contributed by atoms with Crippen molar-refractivity contribution in [3.8, 4) is 10.4 Å². The number of nitro benzene ring substituents is 1. The zero-order valence-electron chi connectivity index (χ0n) is 7.08. The average molecular weight is 206 g/mol. The summed E-state index contributed by atoms with van der Waals surface area (Å²) in [6.45, 7) is 0. The van der Waals surface area contributed by atoms with Gasteiger partial charge in [-0.05, 0) is 17.7 Å². The molecule has 4 nitrogen and oxygen atoms in total. The molecule has 1 aromatic carbocycles. The smallest absolute Gasteiger partial charge is 0.258 e. The first-order chi connectivity index (χ1) is 6.77. The van der Waals surface area contributed by atoms with Crippen molar-refractivity contribution in [3.63, 3.8) is 0 Å². The number of nitrogens with zero attached hydrogens (tertiary/aromatic N) is 2. The largest absolute Gasteiger partial charge is 0.269 e. The third-order valence-corrected chi connectivity index (χ3v) is 2.62. The van der Waals surface area contributed by atoms with Gasteiger partial charge in [0, 0.05) is 18.3 Å². The lowest BCUT2D eigenvalue weighted by molar-refractivity contribution is -0.384. The second-order valence-electron chi connectivity index (χ2n) is 2.67. The predicted octanol–water partition coefficient (Wildman–Crippen LogP) is 2.72. The normalized spacial score (nSPS) is 10.0. The van der Waals surface area contributed by atoms with E-state index in [2.05, 4.69) is 4.98 Å². The predicted molar refractivity (Wildman–Crippen MR) is 54.2 cm³/mol. The Bertz CT molecular complexity index is 436. The highest BCUT2D eigenvalue weighted by Crippen LogP contribution is 2.24. The van der Waals surface area contributed by atoms with Crippen molar-refractivity contribution in [3.05, 3.63) is 46.1 Å². The van der Waals surface area contributed by atoms with E-state index in [9.17, 15) is 10.1 Å². The fraction of sp³-hybridized carbons (Fsp3) is 0. The highest BCUT2D eigenvalue weighted by molar-refractivity contribution is 7.13. The van der Waals surface area contributed by atoms with Crippen LogP contribution < -0.4 is 0 Å². The summed E-state index contributed by atoms with van der Waals surface area (Å²) in [6, 6.07) is 6.45. The molecule has 14 heavy (non-hydrogen) atoms. The van der Waals surface area contributed by atoms with Gasteiger partial charge in [-0.3, -0.25) is 15.1 Å². The molecule has 0 aliphatic heterocycles. The lowest BCUT2D eigenvalue weighted by Crippen LogP contribution is -1.86. The molecule has 5 heteroatoms. The molecule has 1 heterocycles. The molecule has 0 atom stereocenters. The van der Waals surface area contributed by atoms with Gasteiger partial charge in [-0.2, -0.15) is 0 Å². The molecular weight excluding hydrogens is 200 g/mol. The lowest BCUT2D eigenvalue weighted by Gasteiger charge is -1.95. The van der Waals surface area contributed by atoms with Gasteiger partial charge in [0.1, 0.15) is 0 Å². The van der Waals surface area contributed by atoms with E-state index in [1.54, 1.807) is 23.8 Å². The zero-order chi connectivity index (χ0) is 9.97. The summed E-state index contributed by atoms with van der Waals surface area (Å²) >= 11 is 1.51. The van der Waals surface area contributed by atoms with Crippen molar-refractivity contribution in [1.29, 1.82) is 0 Å². The first-order valence-corrected chi connectivity index (χ1v) is 4.78. The number of hydrogen-bond acceptors (Lipinski definition) is 4. The summed E-state index contributed by atoms with van der Waals surface area (Å²) < 4.78 is 0. The van der Waals surface area contributed by atoms with Crippen LogP contribution in [0.1, 0.15) is 0 Å². The second kappa shape index (κ2) is 3.55. The lowest BCUT2D eigenvalue weighted by atomic mass is 10.2. The van der Waals surface area contributed by atoms with Gasteiger partial charge in [0.15, 0.2) is 0 Å². The summed E-state index contributed by atoms with van der Waals surface area (Å²) in [4.78, 5) is 14.9. The van der Waals surface area contributed by atoms with Crippen molar-refractivity contribution >= 4 is 17.0 Å². The Hall–Kier alpha value is -1.75. The van der Waals surface area contributed by atoms with Crippen LogP contribution in [0.3, 0.4) is 0 Å². The Labute approximate surface area is 84.0 Å². The molecule has 0 aliphatic carbocycles. The van der Waals surface area contributed by atoms with Crippen molar-refractivity contribution in [1.82, 2.24) is 4.98 Å². The number of hydrogen-bond donors (Lipinski definition) is 0. The van der Waals surface area contributed by atoms with Crippen LogP contribution in [-0.2, 0) is 0 Å². The van der Waals surface area contributed by atoms with Crippen LogP contribution in [0.25, 0.3) is 10.4 Å². The Balaban J connectivity index is 2.36. The van der Waals surface area contributed by atoms with Gasteiger partial charge in [-0.1, -0.05) is 0 Å². The monoisotopic (exact) mass is 206 g/mol. The molecule has 0 spiro atoms. The zero-order valence-corrected chi connectivity index (χ0v) is 7.90. The summed E-state index contributed by atoms with van der Waals surface area (Å²) in [5, 5.41) is 10.4. The molecule has 0 N–H and O–H groups in total. The van der Waals surface area contributed by atoms with E-state index in [1.807, 2.05) is 0 Å². The van der Waals surface area contributed by atoms with Crippen LogP contribution in [-0.4, -0.2) is 9.91 Å². The van der Waals surface area contributed by atoms with E-state index in [-0.39, 0.29) is 5.69 Å². The van der Waals surface area contributed by atoms with E-state index >= 15 is 0 Å². The third-order valence-electron chi connectivity index (χ3n) is 1.79. The first kappa shape index (κ1) is 8.83. The minimum absolute atomic E-state index is 0.110. The maximum absolute atomic E-state index is 10.4. The second-order valence-corrected chi connectivity index (χ2v) is 3.56. The Kier molecular flexibility index (Phi) is 2.24. The minimum atomic E-state index is -0.406. The standard InChI is InChI=1S/C9H6N2O2S/c12-11(13)8-3-1-7(2-4-8)9-5-10-6-14-9/h1-6H. The number of thiazole rings is 1. The van der Waals surface area contributed by atoms with Crippen LogP contribution in [0, 0.1) is 10.1 Å². The molecule has 0 saturated heterocycles. The molecule has 70 valence electrons. The number of non-ortho nitro benzene ring substituents is 1. The van der Waals surface area contributed by atoms with E-state index < -0.39 is 4.92 Å². The molecule has 1 aromatic heterocycles.